The van der Waals surface area contributed by atoms with Crippen molar-refractivity contribution in [1.82, 2.24) is 4.98 Å². The monoisotopic (exact) mass is 392 g/mol. The number of oxazole rings is 1. The molecule has 0 aliphatic heterocycles. The molecule has 0 atom stereocenters. The van der Waals surface area contributed by atoms with Crippen molar-refractivity contribution in [2.45, 2.75) is 20.3 Å². The molecule has 0 bridgehead atoms. The van der Waals surface area contributed by atoms with Gasteiger partial charge in [-0.1, -0.05) is 0 Å². The first-order valence-corrected chi connectivity index (χ1v) is 10.2. The Labute approximate surface area is 165 Å². The van der Waals surface area contributed by atoms with Gasteiger partial charge in [0.2, 0.25) is 5.89 Å². The quantitative estimate of drug-likeness (QED) is 0.428. The molecule has 2 aromatic rings. The number of aryl methyl sites for hydroxylation is 1. The Hall–Kier alpha value is -1.99. The lowest BCUT2D eigenvalue weighted by Crippen LogP contribution is -2.09. The lowest BCUT2D eigenvalue weighted by Gasteiger charge is -2.11. The SMILES string of the molecule is CCOC(=O)CSCCOCCc1nc(-c2ccc(N(C)C)cc2)oc1C. The maximum atomic E-state index is 11.2. The van der Waals surface area contributed by atoms with Crippen molar-refractivity contribution in [3.05, 3.63) is 35.7 Å². The molecule has 0 saturated carbocycles. The van der Waals surface area contributed by atoms with Crippen LogP contribution in [-0.4, -0.2) is 56.4 Å². The van der Waals surface area contributed by atoms with Crippen LogP contribution in [0.4, 0.5) is 5.69 Å². The van der Waals surface area contributed by atoms with E-state index in [1.807, 2.05) is 52.2 Å². The van der Waals surface area contributed by atoms with Crippen LogP contribution in [-0.2, 0) is 20.7 Å². The topological polar surface area (TPSA) is 64.8 Å². The van der Waals surface area contributed by atoms with Crippen molar-refractivity contribution < 1.29 is 18.7 Å². The number of carbonyl (C=O) groups is 1. The predicted octanol–water partition coefficient (Wildman–Crippen LogP) is 3.57. The van der Waals surface area contributed by atoms with Gasteiger partial charge in [-0.25, -0.2) is 4.98 Å². The van der Waals surface area contributed by atoms with Crippen LogP contribution in [0.1, 0.15) is 18.4 Å². The fourth-order valence-corrected chi connectivity index (χ4v) is 3.06. The third-order valence-electron chi connectivity index (χ3n) is 3.90. The Morgan fingerprint density at radius 3 is 2.63 bits per heavy atom. The number of aromatic nitrogens is 1. The van der Waals surface area contributed by atoms with Crippen LogP contribution in [0, 0.1) is 6.92 Å². The highest BCUT2D eigenvalue weighted by Crippen LogP contribution is 2.24. The molecule has 0 aliphatic carbocycles. The maximum Gasteiger partial charge on any atom is 0.315 e. The third kappa shape index (κ3) is 6.92. The minimum atomic E-state index is -0.174. The second-order valence-electron chi connectivity index (χ2n) is 6.18. The summed E-state index contributed by atoms with van der Waals surface area (Å²) in [5.41, 5.74) is 3.02. The maximum absolute atomic E-state index is 11.2. The molecule has 0 amide bonds. The Balaban J connectivity index is 1.74. The standard InChI is InChI=1S/C20H28N2O4S/c1-5-25-19(23)14-27-13-12-24-11-10-18-15(2)26-20(21-18)16-6-8-17(9-7-16)22(3)4/h6-9H,5,10-14H2,1-4H3. The fraction of sp³-hybridized carbons (Fsp3) is 0.500. The molecule has 27 heavy (non-hydrogen) atoms. The smallest absolute Gasteiger partial charge is 0.315 e. The van der Waals surface area contributed by atoms with Crippen molar-refractivity contribution in [3.63, 3.8) is 0 Å². The van der Waals surface area contributed by atoms with Crippen molar-refractivity contribution in [1.29, 1.82) is 0 Å². The van der Waals surface area contributed by atoms with Crippen LogP contribution < -0.4 is 4.90 Å². The second kappa shape index (κ2) is 11.0. The van der Waals surface area contributed by atoms with Crippen LogP contribution in [0.2, 0.25) is 0 Å². The lowest BCUT2D eigenvalue weighted by molar-refractivity contribution is -0.139. The van der Waals surface area contributed by atoms with Gasteiger partial charge in [0, 0.05) is 37.5 Å². The normalized spacial score (nSPS) is 10.8. The highest BCUT2D eigenvalue weighted by Gasteiger charge is 2.11. The van der Waals surface area contributed by atoms with Gasteiger partial charge in [-0.05, 0) is 38.1 Å². The van der Waals surface area contributed by atoms with Gasteiger partial charge in [-0.2, -0.15) is 0 Å². The van der Waals surface area contributed by atoms with Crippen molar-refractivity contribution in [2.24, 2.45) is 0 Å². The number of hydrogen-bond donors (Lipinski definition) is 0. The van der Waals surface area contributed by atoms with Crippen molar-refractivity contribution in [2.75, 3.05) is 50.3 Å². The van der Waals surface area contributed by atoms with Gasteiger partial charge in [-0.3, -0.25) is 4.79 Å². The molecule has 2 rings (SSSR count). The highest BCUT2D eigenvalue weighted by atomic mass is 32.2. The molecule has 148 valence electrons. The van der Waals surface area contributed by atoms with Crippen molar-refractivity contribution >= 4 is 23.4 Å². The fourth-order valence-electron chi connectivity index (χ4n) is 2.43. The lowest BCUT2D eigenvalue weighted by atomic mass is 10.2. The summed E-state index contributed by atoms with van der Waals surface area (Å²) in [6.07, 6.45) is 0.702. The largest absolute Gasteiger partial charge is 0.465 e. The Bertz CT molecular complexity index is 713. The summed E-state index contributed by atoms with van der Waals surface area (Å²) in [6, 6.07) is 8.13. The molecule has 1 aromatic carbocycles. The van der Waals surface area contributed by atoms with Crippen LogP contribution in [0.3, 0.4) is 0 Å². The summed E-state index contributed by atoms with van der Waals surface area (Å²) in [4.78, 5) is 17.9. The summed E-state index contributed by atoms with van der Waals surface area (Å²) in [5, 5.41) is 0. The van der Waals surface area contributed by atoms with Gasteiger partial charge in [0.05, 0.1) is 31.3 Å². The number of thioether (sulfide) groups is 1. The number of carbonyl (C=O) groups excluding carboxylic acids is 1. The predicted molar refractivity (Wildman–Crippen MR) is 109 cm³/mol. The molecule has 6 nitrogen and oxygen atoms in total. The molecule has 0 spiro atoms. The summed E-state index contributed by atoms with van der Waals surface area (Å²) in [5.74, 6) is 2.42. The van der Waals surface area contributed by atoms with E-state index in [0.717, 1.165) is 28.5 Å². The molecule has 1 heterocycles. The molecule has 0 fully saturated rings. The van der Waals surface area contributed by atoms with Gasteiger partial charge < -0.3 is 18.8 Å². The van der Waals surface area contributed by atoms with E-state index >= 15 is 0 Å². The van der Waals surface area contributed by atoms with Crippen LogP contribution in [0.25, 0.3) is 11.5 Å². The van der Waals surface area contributed by atoms with E-state index in [1.54, 1.807) is 0 Å². The minimum Gasteiger partial charge on any atom is -0.465 e. The van der Waals surface area contributed by atoms with Crippen LogP contribution >= 0.6 is 11.8 Å². The van der Waals surface area contributed by atoms with E-state index in [4.69, 9.17) is 13.9 Å². The zero-order chi connectivity index (χ0) is 19.6. The summed E-state index contributed by atoms with van der Waals surface area (Å²) in [6.45, 7) is 5.33. The molecule has 7 heteroatoms. The van der Waals surface area contributed by atoms with E-state index in [0.29, 0.717) is 37.9 Å². The number of ether oxygens (including phenoxy) is 2. The molecule has 0 aliphatic rings. The third-order valence-corrected chi connectivity index (χ3v) is 4.80. The molecular weight excluding hydrogens is 364 g/mol. The number of hydrogen-bond acceptors (Lipinski definition) is 7. The summed E-state index contributed by atoms with van der Waals surface area (Å²) in [7, 11) is 4.02. The van der Waals surface area contributed by atoms with Crippen molar-refractivity contribution in [3.8, 4) is 11.5 Å². The molecule has 0 unspecified atom stereocenters. The number of esters is 1. The van der Waals surface area contributed by atoms with E-state index in [2.05, 4.69) is 9.88 Å². The zero-order valence-electron chi connectivity index (χ0n) is 16.5. The first-order chi connectivity index (χ1) is 13.0. The number of anilines is 1. The molecule has 0 N–H and O–H groups in total. The Kier molecular flexibility index (Phi) is 8.67. The van der Waals surface area contributed by atoms with Gasteiger partial charge in [0.25, 0.3) is 0 Å². The number of nitrogens with zero attached hydrogens (tertiary/aromatic N) is 2. The number of rotatable bonds is 11. The van der Waals surface area contributed by atoms with Gasteiger partial charge >= 0.3 is 5.97 Å². The Morgan fingerprint density at radius 1 is 1.22 bits per heavy atom. The molecule has 0 saturated heterocycles. The zero-order valence-corrected chi connectivity index (χ0v) is 17.3. The minimum absolute atomic E-state index is 0.174. The van der Waals surface area contributed by atoms with E-state index in [-0.39, 0.29) is 5.97 Å². The summed E-state index contributed by atoms with van der Waals surface area (Å²) < 4.78 is 16.3. The van der Waals surface area contributed by atoms with E-state index in [1.165, 1.54) is 11.8 Å². The van der Waals surface area contributed by atoms with E-state index in [9.17, 15) is 4.79 Å². The first-order valence-electron chi connectivity index (χ1n) is 9.06. The Morgan fingerprint density at radius 2 is 1.96 bits per heavy atom. The van der Waals surface area contributed by atoms with E-state index < -0.39 is 0 Å². The van der Waals surface area contributed by atoms with Gasteiger partial charge in [0.1, 0.15) is 5.76 Å². The van der Waals surface area contributed by atoms with Crippen LogP contribution in [0.5, 0.6) is 0 Å². The molecular formula is C20H28N2O4S. The van der Waals surface area contributed by atoms with Gasteiger partial charge in [-0.15, -0.1) is 11.8 Å². The van der Waals surface area contributed by atoms with Crippen LogP contribution in [0.15, 0.2) is 28.7 Å². The summed E-state index contributed by atoms with van der Waals surface area (Å²) >= 11 is 1.52. The average molecular weight is 393 g/mol. The van der Waals surface area contributed by atoms with Gasteiger partial charge in [0.15, 0.2) is 0 Å². The first kappa shape index (κ1) is 21.3. The average Bonchev–Trinajstić information content (AvgIpc) is 3.02. The molecule has 0 radical (unpaired) electrons. The molecule has 1 aromatic heterocycles. The highest BCUT2D eigenvalue weighted by molar-refractivity contribution is 7.99. The second-order valence-corrected chi connectivity index (χ2v) is 7.29. The number of benzene rings is 1.